The minimum Gasteiger partial charge on any atom is -0.350 e. The molecule has 0 fully saturated rings. The van der Waals surface area contributed by atoms with Gasteiger partial charge in [0.1, 0.15) is 11.5 Å². The number of halogens is 1. The second-order valence-electron chi connectivity index (χ2n) is 3.40. The lowest BCUT2D eigenvalue weighted by Gasteiger charge is -2.03. The highest BCUT2D eigenvalue weighted by Crippen LogP contribution is 2.07. The molecule has 2 aromatic heterocycles. The zero-order valence-electron chi connectivity index (χ0n) is 8.98. The number of carbonyl (C=O) groups is 1. The quantitative estimate of drug-likeness (QED) is 0.862. The van der Waals surface area contributed by atoms with Gasteiger partial charge in [-0.25, -0.2) is 4.98 Å². The van der Waals surface area contributed by atoms with Crippen molar-refractivity contribution in [3.05, 3.63) is 47.3 Å². The van der Waals surface area contributed by atoms with Crippen LogP contribution < -0.4 is 5.32 Å². The summed E-state index contributed by atoms with van der Waals surface area (Å²) in [6, 6.07) is 3.16. The van der Waals surface area contributed by atoms with Crippen LogP contribution in [0.1, 0.15) is 16.3 Å². The van der Waals surface area contributed by atoms with Gasteiger partial charge in [0.2, 0.25) is 0 Å². The Kier molecular flexibility index (Phi) is 3.72. The van der Waals surface area contributed by atoms with Crippen LogP contribution in [-0.2, 0) is 6.42 Å². The lowest BCUT2D eigenvalue weighted by molar-refractivity contribution is 0.0949. The lowest BCUT2D eigenvalue weighted by atomic mass is 10.3. The van der Waals surface area contributed by atoms with Crippen molar-refractivity contribution >= 4 is 17.5 Å². The highest BCUT2D eigenvalue weighted by molar-refractivity contribution is 6.30. The number of H-pyrrole nitrogens is 1. The first-order valence-electron chi connectivity index (χ1n) is 5.14. The Balaban J connectivity index is 1.85. The van der Waals surface area contributed by atoms with Crippen LogP contribution >= 0.6 is 11.6 Å². The van der Waals surface area contributed by atoms with Crippen LogP contribution in [-0.4, -0.2) is 27.4 Å². The van der Waals surface area contributed by atoms with E-state index in [1.807, 2.05) is 0 Å². The van der Waals surface area contributed by atoms with Gasteiger partial charge in [0.05, 0.1) is 0 Å². The van der Waals surface area contributed by atoms with Gasteiger partial charge in [-0.1, -0.05) is 11.6 Å². The van der Waals surface area contributed by atoms with E-state index in [-0.39, 0.29) is 5.91 Å². The number of nitrogens with zero attached hydrogens (tertiary/aromatic N) is 2. The lowest BCUT2D eigenvalue weighted by Crippen LogP contribution is -2.26. The first kappa shape index (κ1) is 11.6. The van der Waals surface area contributed by atoms with Crippen molar-refractivity contribution in [2.45, 2.75) is 6.42 Å². The fourth-order valence-electron chi connectivity index (χ4n) is 1.35. The molecule has 2 rings (SSSR count). The molecule has 0 aromatic carbocycles. The number of pyridine rings is 1. The number of aromatic nitrogens is 3. The van der Waals surface area contributed by atoms with Gasteiger partial charge in [-0.3, -0.25) is 9.78 Å². The van der Waals surface area contributed by atoms with Gasteiger partial charge in [0.25, 0.3) is 5.91 Å². The summed E-state index contributed by atoms with van der Waals surface area (Å²) in [5, 5.41) is 3.24. The molecule has 0 saturated carbocycles. The van der Waals surface area contributed by atoms with Gasteiger partial charge in [-0.2, -0.15) is 0 Å². The molecule has 2 heterocycles. The summed E-state index contributed by atoms with van der Waals surface area (Å²) in [5.41, 5.74) is 0.317. The molecule has 5 nitrogen and oxygen atoms in total. The summed E-state index contributed by atoms with van der Waals surface area (Å²) >= 11 is 5.77. The van der Waals surface area contributed by atoms with E-state index >= 15 is 0 Å². The molecule has 17 heavy (non-hydrogen) atoms. The Labute approximate surface area is 103 Å². The van der Waals surface area contributed by atoms with Crippen LogP contribution in [0.2, 0.25) is 5.02 Å². The van der Waals surface area contributed by atoms with Gasteiger partial charge in [-0.15, -0.1) is 0 Å². The largest absolute Gasteiger partial charge is 0.350 e. The normalized spacial score (nSPS) is 10.2. The molecule has 0 aliphatic rings. The number of rotatable bonds is 4. The molecule has 0 atom stereocenters. The van der Waals surface area contributed by atoms with Gasteiger partial charge < -0.3 is 10.3 Å². The van der Waals surface area contributed by atoms with Gasteiger partial charge in [-0.05, 0) is 12.1 Å². The highest BCUT2D eigenvalue weighted by atomic mass is 35.5. The third-order valence-electron chi connectivity index (χ3n) is 2.16. The standard InChI is InChI=1S/C11H11ClN4O/c12-8-1-3-13-9(7-8)11(17)16-4-2-10-14-5-6-15-10/h1,3,5-7H,2,4H2,(H,14,15)(H,16,17). The van der Waals surface area contributed by atoms with Crippen LogP contribution in [0.4, 0.5) is 0 Å². The molecule has 0 unspecified atom stereocenters. The van der Waals surface area contributed by atoms with Crippen molar-refractivity contribution in [3.8, 4) is 0 Å². The fourth-order valence-corrected chi connectivity index (χ4v) is 1.51. The monoisotopic (exact) mass is 250 g/mol. The molecule has 1 amide bonds. The van der Waals surface area contributed by atoms with Crippen molar-refractivity contribution in [2.75, 3.05) is 6.54 Å². The van der Waals surface area contributed by atoms with Crippen molar-refractivity contribution in [3.63, 3.8) is 0 Å². The minimum atomic E-state index is -0.237. The molecule has 88 valence electrons. The maximum Gasteiger partial charge on any atom is 0.269 e. The first-order chi connectivity index (χ1) is 8.25. The summed E-state index contributed by atoms with van der Waals surface area (Å²) in [5.74, 6) is 0.600. The van der Waals surface area contributed by atoms with E-state index in [9.17, 15) is 4.79 Å². The summed E-state index contributed by atoms with van der Waals surface area (Å²) in [6.45, 7) is 0.501. The predicted molar refractivity (Wildman–Crippen MR) is 63.9 cm³/mol. The highest BCUT2D eigenvalue weighted by Gasteiger charge is 2.06. The van der Waals surface area contributed by atoms with Crippen LogP contribution in [0.3, 0.4) is 0 Å². The summed E-state index contributed by atoms with van der Waals surface area (Å²) in [7, 11) is 0. The van der Waals surface area contributed by atoms with Crippen LogP contribution in [0.15, 0.2) is 30.7 Å². The number of aromatic amines is 1. The number of hydrogen-bond donors (Lipinski definition) is 2. The van der Waals surface area contributed by atoms with Crippen molar-refractivity contribution in [1.29, 1.82) is 0 Å². The Morgan fingerprint density at radius 1 is 1.41 bits per heavy atom. The predicted octanol–water partition coefficient (Wildman–Crippen LogP) is 1.43. The average Bonchev–Trinajstić information content (AvgIpc) is 2.82. The third-order valence-corrected chi connectivity index (χ3v) is 2.39. The maximum absolute atomic E-state index is 11.7. The molecule has 6 heteroatoms. The molecule has 0 radical (unpaired) electrons. The topological polar surface area (TPSA) is 70.7 Å². The smallest absolute Gasteiger partial charge is 0.269 e. The van der Waals surface area contributed by atoms with E-state index < -0.39 is 0 Å². The second kappa shape index (κ2) is 5.45. The summed E-state index contributed by atoms with van der Waals surface area (Å²) in [4.78, 5) is 22.6. The molecule has 0 aliphatic heterocycles. The first-order valence-corrected chi connectivity index (χ1v) is 5.51. The number of amides is 1. The van der Waals surface area contributed by atoms with Gasteiger partial charge >= 0.3 is 0 Å². The zero-order chi connectivity index (χ0) is 12.1. The molecular formula is C11H11ClN4O. The van der Waals surface area contributed by atoms with E-state index in [1.165, 1.54) is 12.3 Å². The zero-order valence-corrected chi connectivity index (χ0v) is 9.74. The molecular weight excluding hydrogens is 240 g/mol. The SMILES string of the molecule is O=C(NCCc1ncc[nH]1)c1cc(Cl)ccn1. The average molecular weight is 251 g/mol. The van der Waals surface area contributed by atoms with Crippen LogP contribution in [0.25, 0.3) is 0 Å². The molecule has 0 saturated heterocycles. The van der Waals surface area contributed by atoms with Crippen molar-refractivity contribution in [1.82, 2.24) is 20.3 Å². The van der Waals surface area contributed by atoms with Gasteiger partial charge in [0.15, 0.2) is 0 Å². The van der Waals surface area contributed by atoms with E-state index in [4.69, 9.17) is 11.6 Å². The Hall–Kier alpha value is -1.88. The number of imidazole rings is 1. The Morgan fingerprint density at radius 2 is 2.29 bits per heavy atom. The van der Waals surface area contributed by atoms with Crippen molar-refractivity contribution in [2.24, 2.45) is 0 Å². The number of nitrogens with one attached hydrogen (secondary N) is 2. The van der Waals surface area contributed by atoms with E-state index in [2.05, 4.69) is 20.3 Å². The number of carbonyl (C=O) groups excluding carboxylic acids is 1. The van der Waals surface area contributed by atoms with Crippen LogP contribution in [0, 0.1) is 0 Å². The van der Waals surface area contributed by atoms with E-state index in [0.29, 0.717) is 23.7 Å². The number of hydrogen-bond acceptors (Lipinski definition) is 3. The summed E-state index contributed by atoms with van der Waals surface area (Å²) < 4.78 is 0. The maximum atomic E-state index is 11.7. The van der Waals surface area contributed by atoms with E-state index in [0.717, 1.165) is 5.82 Å². The van der Waals surface area contributed by atoms with E-state index in [1.54, 1.807) is 18.5 Å². The van der Waals surface area contributed by atoms with Crippen molar-refractivity contribution < 1.29 is 4.79 Å². The molecule has 0 aliphatic carbocycles. The van der Waals surface area contributed by atoms with Gasteiger partial charge in [0, 0.05) is 36.6 Å². The molecule has 2 N–H and O–H groups in total. The Bertz CT molecular complexity index is 498. The minimum absolute atomic E-state index is 0.237. The second-order valence-corrected chi connectivity index (χ2v) is 3.84. The summed E-state index contributed by atoms with van der Waals surface area (Å²) in [6.07, 6.45) is 5.58. The third kappa shape index (κ3) is 3.29. The van der Waals surface area contributed by atoms with Crippen LogP contribution in [0.5, 0.6) is 0 Å². The Morgan fingerprint density at radius 3 is 3.00 bits per heavy atom. The molecule has 0 bridgehead atoms. The fraction of sp³-hybridized carbons (Fsp3) is 0.182. The molecule has 0 spiro atoms. The molecule has 2 aromatic rings.